The molecule has 0 aliphatic carbocycles. The number of rotatable bonds is 5. The predicted molar refractivity (Wildman–Crippen MR) is 77.1 cm³/mol. The minimum absolute atomic E-state index is 0.0717. The molecule has 112 valence electrons. The normalized spacial score (nSPS) is 19.5. The van der Waals surface area contributed by atoms with Crippen molar-refractivity contribution in [1.82, 2.24) is 9.62 Å². The van der Waals surface area contributed by atoms with Crippen molar-refractivity contribution in [3.05, 3.63) is 17.9 Å². The number of thioether (sulfide) groups is 1. The van der Waals surface area contributed by atoms with E-state index in [0.29, 0.717) is 6.54 Å². The average Bonchev–Trinajstić information content (AvgIpc) is 3.07. The van der Waals surface area contributed by atoms with E-state index in [-0.39, 0.29) is 22.1 Å². The van der Waals surface area contributed by atoms with Crippen LogP contribution >= 0.6 is 11.8 Å². The van der Waals surface area contributed by atoms with E-state index >= 15 is 0 Å². The largest absolute Gasteiger partial charge is 0.438 e. The van der Waals surface area contributed by atoms with Crippen LogP contribution in [0.3, 0.4) is 0 Å². The molecule has 1 aliphatic rings. The number of hydrogen-bond acceptors (Lipinski definition) is 5. The Morgan fingerprint density at radius 3 is 2.95 bits per heavy atom. The molecule has 1 fully saturated rings. The first-order valence-electron chi connectivity index (χ1n) is 6.45. The fraction of sp³-hybridized carbons (Fsp3) is 0.583. The van der Waals surface area contributed by atoms with Crippen molar-refractivity contribution in [3.8, 4) is 0 Å². The van der Waals surface area contributed by atoms with Gasteiger partial charge in [0.1, 0.15) is 0 Å². The third-order valence-corrected chi connectivity index (χ3v) is 5.69. The number of amides is 1. The quantitative estimate of drug-likeness (QED) is 0.890. The highest BCUT2D eigenvalue weighted by Gasteiger charge is 2.31. The van der Waals surface area contributed by atoms with Gasteiger partial charge in [0.25, 0.3) is 15.9 Å². The van der Waals surface area contributed by atoms with Gasteiger partial charge in [-0.25, -0.2) is 13.1 Å². The van der Waals surface area contributed by atoms with Crippen LogP contribution in [0.2, 0.25) is 0 Å². The summed E-state index contributed by atoms with van der Waals surface area (Å²) in [6.45, 7) is 2.75. The maximum atomic E-state index is 12.4. The molecule has 0 aromatic carbocycles. The zero-order valence-electron chi connectivity index (χ0n) is 11.5. The summed E-state index contributed by atoms with van der Waals surface area (Å²) in [5.74, 6) is 0.729. The fourth-order valence-electron chi connectivity index (χ4n) is 2.06. The molecule has 0 saturated carbocycles. The second-order valence-electron chi connectivity index (χ2n) is 4.44. The number of nitrogens with zero attached hydrogens (tertiary/aromatic N) is 1. The SMILES string of the molecule is CCC[C@@H]1SCCN1C(=O)c1ccc(S(=O)(=O)NC)o1. The highest BCUT2D eigenvalue weighted by atomic mass is 32.2. The summed E-state index contributed by atoms with van der Waals surface area (Å²) >= 11 is 1.75. The lowest BCUT2D eigenvalue weighted by Crippen LogP contribution is -2.34. The van der Waals surface area contributed by atoms with E-state index in [9.17, 15) is 13.2 Å². The van der Waals surface area contributed by atoms with Gasteiger partial charge in [0.2, 0.25) is 5.09 Å². The number of sulfonamides is 1. The standard InChI is InChI=1S/C12H18N2O4S2/c1-3-4-10-14(7-8-19-10)12(15)9-5-6-11(18-9)20(16,17)13-2/h5-6,10,13H,3-4,7-8H2,1-2H3/t10-/m0/s1. The summed E-state index contributed by atoms with van der Waals surface area (Å²) < 4.78 is 30.5. The molecule has 20 heavy (non-hydrogen) atoms. The molecular formula is C12H18N2O4S2. The van der Waals surface area contributed by atoms with E-state index in [2.05, 4.69) is 11.6 Å². The van der Waals surface area contributed by atoms with Gasteiger partial charge in [-0.05, 0) is 25.6 Å². The van der Waals surface area contributed by atoms with Crippen molar-refractivity contribution in [2.24, 2.45) is 0 Å². The lowest BCUT2D eigenvalue weighted by Gasteiger charge is -2.22. The first-order chi connectivity index (χ1) is 9.49. The Morgan fingerprint density at radius 1 is 1.55 bits per heavy atom. The summed E-state index contributed by atoms with van der Waals surface area (Å²) in [6.07, 6.45) is 1.93. The molecule has 2 rings (SSSR count). The van der Waals surface area contributed by atoms with Crippen LogP contribution < -0.4 is 4.72 Å². The summed E-state index contributed by atoms with van der Waals surface area (Å²) in [4.78, 5) is 14.1. The van der Waals surface area contributed by atoms with Gasteiger partial charge in [0, 0.05) is 12.3 Å². The van der Waals surface area contributed by atoms with Gasteiger partial charge < -0.3 is 9.32 Å². The molecule has 1 aromatic heterocycles. The summed E-state index contributed by atoms with van der Waals surface area (Å²) in [5.41, 5.74) is 0. The Hall–Kier alpha value is -0.990. The van der Waals surface area contributed by atoms with E-state index < -0.39 is 10.0 Å². The highest BCUT2D eigenvalue weighted by molar-refractivity contribution is 8.00. The summed E-state index contributed by atoms with van der Waals surface area (Å²) in [5, 5.41) is -0.0794. The topological polar surface area (TPSA) is 79.6 Å². The zero-order valence-corrected chi connectivity index (χ0v) is 13.1. The maximum absolute atomic E-state index is 12.4. The van der Waals surface area contributed by atoms with Gasteiger partial charge in [0.15, 0.2) is 5.76 Å². The lowest BCUT2D eigenvalue weighted by molar-refractivity contribution is 0.0718. The van der Waals surface area contributed by atoms with Crippen molar-refractivity contribution in [2.75, 3.05) is 19.3 Å². The Kier molecular flexibility index (Phi) is 4.77. The Bertz CT molecular complexity index is 582. The Morgan fingerprint density at radius 2 is 2.30 bits per heavy atom. The number of hydrogen-bond donors (Lipinski definition) is 1. The van der Waals surface area contributed by atoms with Crippen molar-refractivity contribution in [2.45, 2.75) is 30.2 Å². The Balaban J connectivity index is 2.18. The number of carbonyl (C=O) groups excluding carboxylic acids is 1. The first-order valence-corrected chi connectivity index (χ1v) is 8.98. The highest BCUT2D eigenvalue weighted by Crippen LogP contribution is 2.29. The molecule has 8 heteroatoms. The van der Waals surface area contributed by atoms with Crippen LogP contribution in [0.1, 0.15) is 30.3 Å². The van der Waals surface area contributed by atoms with Gasteiger partial charge in [-0.3, -0.25) is 4.79 Å². The molecule has 1 N–H and O–H groups in total. The minimum Gasteiger partial charge on any atom is -0.438 e. The van der Waals surface area contributed by atoms with Crippen LogP contribution in [0.4, 0.5) is 0 Å². The lowest BCUT2D eigenvalue weighted by atomic mass is 10.3. The number of nitrogens with one attached hydrogen (secondary N) is 1. The van der Waals surface area contributed by atoms with Gasteiger partial charge in [-0.15, -0.1) is 11.8 Å². The molecule has 2 heterocycles. The summed E-state index contributed by atoms with van der Waals surface area (Å²) in [6, 6.07) is 2.72. The third-order valence-electron chi connectivity index (χ3n) is 3.11. The molecule has 0 spiro atoms. The smallest absolute Gasteiger partial charge is 0.290 e. The second-order valence-corrected chi connectivity index (χ2v) is 7.54. The molecule has 6 nitrogen and oxygen atoms in total. The minimum atomic E-state index is -3.65. The van der Waals surface area contributed by atoms with E-state index in [1.807, 2.05) is 0 Å². The van der Waals surface area contributed by atoms with Crippen LogP contribution in [0, 0.1) is 0 Å². The monoisotopic (exact) mass is 318 g/mol. The van der Waals surface area contributed by atoms with Crippen molar-refractivity contribution < 1.29 is 17.6 Å². The number of furan rings is 1. The Labute approximate surface area is 122 Å². The third kappa shape index (κ3) is 3.02. The molecule has 1 saturated heterocycles. The van der Waals surface area contributed by atoms with E-state index in [0.717, 1.165) is 18.6 Å². The van der Waals surface area contributed by atoms with Crippen molar-refractivity contribution >= 4 is 27.7 Å². The van der Waals surface area contributed by atoms with E-state index in [4.69, 9.17) is 4.42 Å². The van der Waals surface area contributed by atoms with Gasteiger partial charge >= 0.3 is 0 Å². The molecule has 1 amide bonds. The predicted octanol–water partition coefficient (Wildman–Crippen LogP) is 1.50. The second kappa shape index (κ2) is 6.19. The molecular weight excluding hydrogens is 300 g/mol. The van der Waals surface area contributed by atoms with Crippen LogP contribution in [0.15, 0.2) is 21.6 Å². The molecule has 1 aromatic rings. The fourth-order valence-corrected chi connectivity index (χ4v) is 4.07. The van der Waals surface area contributed by atoms with Crippen LogP contribution in [-0.2, 0) is 10.0 Å². The molecule has 0 unspecified atom stereocenters. The van der Waals surface area contributed by atoms with Crippen LogP contribution in [0.25, 0.3) is 0 Å². The summed E-state index contributed by atoms with van der Waals surface area (Å²) in [7, 11) is -2.35. The van der Waals surface area contributed by atoms with Crippen LogP contribution in [-0.4, -0.2) is 43.9 Å². The zero-order chi connectivity index (χ0) is 14.8. The maximum Gasteiger partial charge on any atom is 0.290 e. The van der Waals surface area contributed by atoms with Gasteiger partial charge in [0.05, 0.1) is 5.37 Å². The molecule has 1 atom stereocenters. The molecule has 0 radical (unpaired) electrons. The van der Waals surface area contributed by atoms with Gasteiger partial charge in [-0.1, -0.05) is 13.3 Å². The van der Waals surface area contributed by atoms with E-state index in [1.54, 1.807) is 16.7 Å². The number of carbonyl (C=O) groups is 1. The van der Waals surface area contributed by atoms with E-state index in [1.165, 1.54) is 19.2 Å². The van der Waals surface area contributed by atoms with Crippen molar-refractivity contribution in [3.63, 3.8) is 0 Å². The molecule has 0 bridgehead atoms. The van der Waals surface area contributed by atoms with Crippen molar-refractivity contribution in [1.29, 1.82) is 0 Å². The van der Waals surface area contributed by atoms with Crippen LogP contribution in [0.5, 0.6) is 0 Å². The molecule has 1 aliphatic heterocycles. The first kappa shape index (κ1) is 15.4. The average molecular weight is 318 g/mol. The van der Waals surface area contributed by atoms with Gasteiger partial charge in [-0.2, -0.15) is 0 Å².